The van der Waals surface area contributed by atoms with Crippen molar-refractivity contribution in [2.24, 2.45) is 0 Å². The number of carbonyl (C=O) groups is 1. The van der Waals surface area contributed by atoms with Crippen molar-refractivity contribution in [3.8, 4) is 11.3 Å². The van der Waals surface area contributed by atoms with Crippen LogP contribution in [0.4, 0.5) is 0 Å². The highest BCUT2D eigenvalue weighted by Gasteiger charge is 2.34. The van der Waals surface area contributed by atoms with E-state index in [0.717, 1.165) is 66.9 Å². The lowest BCUT2D eigenvalue weighted by Gasteiger charge is -2.37. The molecule has 0 N–H and O–H groups in total. The monoisotopic (exact) mass is 465 g/mol. The number of ketones is 1. The van der Waals surface area contributed by atoms with Gasteiger partial charge in [0.1, 0.15) is 0 Å². The van der Waals surface area contributed by atoms with Crippen molar-refractivity contribution in [2.45, 2.75) is 25.9 Å². The van der Waals surface area contributed by atoms with Gasteiger partial charge >= 0.3 is 0 Å². The number of hydrogen-bond donors (Lipinski definition) is 0. The van der Waals surface area contributed by atoms with Gasteiger partial charge in [-0.2, -0.15) is 0 Å². The Morgan fingerprint density at radius 2 is 1.67 bits per heavy atom. The number of fused-ring (bicyclic) bond motifs is 1. The fraction of sp³-hybridized carbons (Fsp3) is 0.423. The zero-order valence-corrected chi connectivity index (χ0v) is 19.9. The summed E-state index contributed by atoms with van der Waals surface area (Å²) in [6.07, 6.45) is 0.734. The van der Waals surface area contributed by atoms with Gasteiger partial charge in [0, 0.05) is 49.7 Å². The molecule has 3 aromatic rings. The Morgan fingerprint density at radius 3 is 2.33 bits per heavy atom. The molecule has 0 aliphatic carbocycles. The summed E-state index contributed by atoms with van der Waals surface area (Å²) < 4.78 is 25.9. The summed E-state index contributed by atoms with van der Waals surface area (Å²) in [6, 6.07) is 18.5. The zero-order chi connectivity index (χ0) is 23.0. The van der Waals surface area contributed by atoms with Crippen LogP contribution in [0.1, 0.15) is 23.7 Å². The van der Waals surface area contributed by atoms with Crippen LogP contribution in [-0.4, -0.2) is 78.8 Å². The van der Waals surface area contributed by atoms with Crippen LogP contribution < -0.4 is 0 Å². The summed E-state index contributed by atoms with van der Waals surface area (Å²) in [7, 11) is -2.88. The smallest absolute Gasteiger partial charge is 0.179 e. The molecular weight excluding hydrogens is 434 g/mol. The fourth-order valence-corrected chi connectivity index (χ4v) is 7.20. The standard InChI is InChI=1S/C26H31N3O3S/c1-2-29-23-11-7-6-10-22(23)25(26(29)20-8-4-3-5-9-20)24(30)18-27-13-15-28(16-14-27)21-12-17-33(31,32)19-21/h3-11,21H,2,12-19H2,1H3/t21-/m1/s1. The maximum absolute atomic E-state index is 13.7. The van der Waals surface area contributed by atoms with Gasteiger partial charge in [-0.1, -0.05) is 48.5 Å². The molecule has 2 aromatic carbocycles. The fourth-order valence-electron chi connectivity index (χ4n) is 5.44. The summed E-state index contributed by atoms with van der Waals surface area (Å²) in [5.74, 6) is 0.734. The van der Waals surface area contributed by atoms with Crippen molar-refractivity contribution in [1.29, 1.82) is 0 Å². The molecule has 0 saturated carbocycles. The van der Waals surface area contributed by atoms with Gasteiger partial charge in [0.25, 0.3) is 0 Å². The number of rotatable bonds is 6. The van der Waals surface area contributed by atoms with Gasteiger partial charge < -0.3 is 4.57 Å². The molecule has 2 aliphatic heterocycles. The number of benzene rings is 2. The molecule has 0 unspecified atom stereocenters. The second-order valence-corrected chi connectivity index (χ2v) is 11.4. The molecule has 0 spiro atoms. The van der Waals surface area contributed by atoms with Gasteiger partial charge in [-0.3, -0.25) is 14.6 Å². The van der Waals surface area contributed by atoms with Crippen molar-refractivity contribution in [3.63, 3.8) is 0 Å². The maximum Gasteiger partial charge on any atom is 0.179 e. The Kier molecular flexibility index (Phi) is 6.12. The zero-order valence-electron chi connectivity index (χ0n) is 19.1. The Balaban J connectivity index is 1.38. The number of Topliss-reactive ketones (excluding diaryl/α,β-unsaturated/α-hetero) is 1. The molecule has 0 radical (unpaired) electrons. The van der Waals surface area contributed by atoms with Crippen LogP contribution >= 0.6 is 0 Å². The van der Waals surface area contributed by atoms with Crippen molar-refractivity contribution < 1.29 is 13.2 Å². The van der Waals surface area contributed by atoms with Crippen LogP contribution in [-0.2, 0) is 16.4 Å². The van der Waals surface area contributed by atoms with Crippen LogP contribution in [0.3, 0.4) is 0 Å². The Morgan fingerprint density at radius 1 is 0.970 bits per heavy atom. The number of para-hydroxylation sites is 1. The number of hydrogen-bond acceptors (Lipinski definition) is 5. The quantitative estimate of drug-likeness (QED) is 0.523. The number of sulfone groups is 1. The van der Waals surface area contributed by atoms with Crippen molar-refractivity contribution in [3.05, 3.63) is 60.2 Å². The van der Waals surface area contributed by atoms with Gasteiger partial charge in [0.15, 0.2) is 15.6 Å². The summed E-state index contributed by atoms with van der Waals surface area (Å²) in [6.45, 7) is 6.50. The highest BCUT2D eigenvalue weighted by Crippen LogP contribution is 2.34. The number of aromatic nitrogens is 1. The topological polar surface area (TPSA) is 62.6 Å². The number of piperazine rings is 1. The molecule has 0 amide bonds. The van der Waals surface area contributed by atoms with Crippen LogP contribution in [0.5, 0.6) is 0 Å². The Labute approximate surface area is 195 Å². The van der Waals surface area contributed by atoms with E-state index in [2.05, 4.69) is 45.6 Å². The SMILES string of the molecule is CCn1c(-c2ccccc2)c(C(=O)CN2CCN([C@@H]3CCS(=O)(=O)C3)CC2)c2ccccc21. The molecular formula is C26H31N3O3S. The van der Waals surface area contributed by atoms with Gasteiger partial charge in [0.2, 0.25) is 0 Å². The van der Waals surface area contributed by atoms with E-state index in [-0.39, 0.29) is 17.6 Å². The summed E-state index contributed by atoms with van der Waals surface area (Å²) in [5, 5.41) is 1.01. The van der Waals surface area contributed by atoms with Gasteiger partial charge in [-0.25, -0.2) is 8.42 Å². The summed E-state index contributed by atoms with van der Waals surface area (Å²) >= 11 is 0. The van der Waals surface area contributed by atoms with E-state index in [1.165, 1.54) is 0 Å². The van der Waals surface area contributed by atoms with E-state index in [0.29, 0.717) is 12.3 Å². The van der Waals surface area contributed by atoms with E-state index in [4.69, 9.17) is 0 Å². The minimum Gasteiger partial charge on any atom is -0.340 e. The normalized spacial score (nSPS) is 21.5. The van der Waals surface area contributed by atoms with Crippen molar-refractivity contribution in [1.82, 2.24) is 14.4 Å². The average molecular weight is 466 g/mol. The molecule has 3 heterocycles. The first-order valence-corrected chi connectivity index (χ1v) is 13.7. The molecule has 33 heavy (non-hydrogen) atoms. The molecule has 174 valence electrons. The third kappa shape index (κ3) is 4.37. The molecule has 2 saturated heterocycles. The summed E-state index contributed by atoms with van der Waals surface area (Å²) in [4.78, 5) is 18.2. The van der Waals surface area contributed by atoms with Gasteiger partial charge in [0.05, 0.1) is 29.3 Å². The minimum absolute atomic E-state index is 0.139. The third-order valence-corrected chi connectivity index (χ3v) is 8.86. The predicted molar refractivity (Wildman–Crippen MR) is 132 cm³/mol. The lowest BCUT2D eigenvalue weighted by atomic mass is 10.0. The van der Waals surface area contributed by atoms with Crippen LogP contribution in [0.25, 0.3) is 22.2 Å². The number of aryl methyl sites for hydroxylation is 1. The minimum atomic E-state index is -2.88. The molecule has 0 bridgehead atoms. The van der Waals surface area contributed by atoms with E-state index in [9.17, 15) is 13.2 Å². The lowest BCUT2D eigenvalue weighted by molar-refractivity contribution is 0.0798. The molecule has 7 heteroatoms. The highest BCUT2D eigenvalue weighted by molar-refractivity contribution is 7.91. The third-order valence-electron chi connectivity index (χ3n) is 7.11. The second kappa shape index (κ2) is 9.05. The first kappa shape index (κ1) is 22.3. The van der Waals surface area contributed by atoms with Crippen LogP contribution in [0.2, 0.25) is 0 Å². The van der Waals surface area contributed by atoms with Crippen LogP contribution in [0, 0.1) is 0 Å². The van der Waals surface area contributed by atoms with Crippen LogP contribution in [0.15, 0.2) is 54.6 Å². The maximum atomic E-state index is 13.7. The van der Waals surface area contributed by atoms with Crippen molar-refractivity contribution in [2.75, 3.05) is 44.2 Å². The predicted octanol–water partition coefficient (Wildman–Crippen LogP) is 3.32. The molecule has 2 aliphatic rings. The first-order valence-electron chi connectivity index (χ1n) is 11.8. The molecule has 6 nitrogen and oxygen atoms in total. The highest BCUT2D eigenvalue weighted by atomic mass is 32.2. The number of carbonyl (C=O) groups excluding carboxylic acids is 1. The average Bonchev–Trinajstić information content (AvgIpc) is 3.37. The molecule has 1 aromatic heterocycles. The van der Waals surface area contributed by atoms with Gasteiger partial charge in [-0.05, 0) is 25.0 Å². The number of nitrogens with zero attached hydrogens (tertiary/aromatic N) is 3. The van der Waals surface area contributed by atoms with E-state index in [1.54, 1.807) is 0 Å². The molecule has 2 fully saturated rings. The van der Waals surface area contributed by atoms with E-state index >= 15 is 0 Å². The van der Waals surface area contributed by atoms with E-state index in [1.807, 2.05) is 30.3 Å². The summed E-state index contributed by atoms with van der Waals surface area (Å²) in [5.41, 5.74) is 3.96. The largest absolute Gasteiger partial charge is 0.340 e. The Hall–Kier alpha value is -2.48. The second-order valence-electron chi connectivity index (χ2n) is 9.14. The van der Waals surface area contributed by atoms with E-state index < -0.39 is 9.84 Å². The Bertz CT molecular complexity index is 1260. The van der Waals surface area contributed by atoms with Gasteiger partial charge in [-0.15, -0.1) is 0 Å². The molecule has 1 atom stereocenters. The van der Waals surface area contributed by atoms with Crippen molar-refractivity contribution >= 4 is 26.5 Å². The molecule has 5 rings (SSSR count). The lowest BCUT2D eigenvalue weighted by Crippen LogP contribution is -2.51. The first-order chi connectivity index (χ1) is 16.0.